The fraction of sp³-hybridized carbons (Fsp3) is 0.0484. The lowest BCUT2D eigenvalue weighted by Crippen LogP contribution is -2.14. The van der Waals surface area contributed by atoms with Crippen LogP contribution in [0.25, 0.3) is 117 Å². The van der Waals surface area contributed by atoms with Gasteiger partial charge >= 0.3 is 0 Å². The standard InChI is InChI=1S/C62H42N4/c1-62(2)51-24-14-12-22-46(51)47-32-30-44(37-52(47)62)55-38-54(64-61(65-55)42-18-8-4-9-19-42)40-28-26-39(27-29-40)43-31-34-53-50(36-43)48-33-35-57-58(59(48)60(63-53)41-16-6-3-7-17-41)49-23-13-15-25-56(49)66(57)45-20-10-5-11-21-45/h3-38H,1-2H3. The van der Waals surface area contributed by atoms with Gasteiger partial charge in [-0.15, -0.1) is 0 Å². The number of nitrogens with zero attached hydrogens (tertiary/aromatic N) is 4. The van der Waals surface area contributed by atoms with Crippen LogP contribution >= 0.6 is 0 Å². The number of pyridine rings is 1. The molecule has 13 rings (SSSR count). The molecule has 0 saturated carbocycles. The molecule has 0 amide bonds. The minimum atomic E-state index is -0.111. The van der Waals surface area contributed by atoms with Crippen molar-refractivity contribution in [1.29, 1.82) is 0 Å². The first-order chi connectivity index (χ1) is 32.5. The monoisotopic (exact) mass is 842 g/mol. The Labute approximate surface area is 383 Å². The average molecular weight is 843 g/mol. The number of rotatable bonds is 6. The third kappa shape index (κ3) is 5.95. The van der Waals surface area contributed by atoms with Gasteiger partial charge in [0.1, 0.15) is 0 Å². The third-order valence-corrected chi connectivity index (χ3v) is 13.8. The second kappa shape index (κ2) is 14.8. The van der Waals surface area contributed by atoms with Gasteiger partial charge in [0.15, 0.2) is 5.82 Å². The summed E-state index contributed by atoms with van der Waals surface area (Å²) in [6.45, 7) is 4.65. The summed E-state index contributed by atoms with van der Waals surface area (Å²) in [5.41, 5.74) is 18.9. The Hall–Kier alpha value is -8.47. The number of hydrogen-bond acceptors (Lipinski definition) is 3. The predicted molar refractivity (Wildman–Crippen MR) is 274 cm³/mol. The van der Waals surface area contributed by atoms with Crippen LogP contribution in [-0.4, -0.2) is 19.5 Å². The third-order valence-electron chi connectivity index (χ3n) is 13.8. The van der Waals surface area contributed by atoms with E-state index in [-0.39, 0.29) is 5.41 Å². The number of para-hydroxylation sites is 2. The van der Waals surface area contributed by atoms with Crippen molar-refractivity contribution in [2.75, 3.05) is 0 Å². The topological polar surface area (TPSA) is 43.6 Å². The minimum Gasteiger partial charge on any atom is -0.309 e. The first-order valence-corrected chi connectivity index (χ1v) is 22.7. The maximum atomic E-state index is 5.48. The van der Waals surface area contributed by atoms with Crippen LogP contribution in [0.1, 0.15) is 25.0 Å². The molecule has 310 valence electrons. The molecule has 12 aromatic rings. The maximum Gasteiger partial charge on any atom is 0.160 e. The zero-order chi connectivity index (χ0) is 43.9. The smallest absolute Gasteiger partial charge is 0.160 e. The molecule has 0 radical (unpaired) electrons. The van der Waals surface area contributed by atoms with Gasteiger partial charge in [-0.1, -0.05) is 184 Å². The molecule has 0 bridgehead atoms. The van der Waals surface area contributed by atoms with Crippen molar-refractivity contribution in [2.24, 2.45) is 0 Å². The van der Waals surface area contributed by atoms with Gasteiger partial charge in [0.2, 0.25) is 0 Å². The van der Waals surface area contributed by atoms with Crippen molar-refractivity contribution in [3.05, 3.63) is 230 Å². The largest absolute Gasteiger partial charge is 0.309 e. The van der Waals surface area contributed by atoms with E-state index in [1.807, 2.05) is 18.2 Å². The van der Waals surface area contributed by atoms with Gasteiger partial charge in [-0.2, -0.15) is 0 Å². The van der Waals surface area contributed by atoms with Gasteiger partial charge in [-0.05, 0) is 87.3 Å². The van der Waals surface area contributed by atoms with Crippen LogP contribution in [0.2, 0.25) is 0 Å². The lowest BCUT2D eigenvalue weighted by molar-refractivity contribution is 0.660. The second-order valence-electron chi connectivity index (χ2n) is 18.0. The molecular weight excluding hydrogens is 801 g/mol. The van der Waals surface area contributed by atoms with Crippen molar-refractivity contribution in [3.63, 3.8) is 0 Å². The summed E-state index contributed by atoms with van der Waals surface area (Å²) in [6.07, 6.45) is 0. The number of aromatic nitrogens is 4. The van der Waals surface area contributed by atoms with E-state index >= 15 is 0 Å². The highest BCUT2D eigenvalue weighted by molar-refractivity contribution is 6.28. The van der Waals surface area contributed by atoms with Gasteiger partial charge in [0.05, 0.1) is 33.6 Å². The van der Waals surface area contributed by atoms with Crippen LogP contribution in [0.5, 0.6) is 0 Å². The molecular formula is C62H42N4. The van der Waals surface area contributed by atoms with Crippen LogP contribution in [0.3, 0.4) is 0 Å². The second-order valence-corrected chi connectivity index (χ2v) is 18.0. The van der Waals surface area contributed by atoms with Crippen molar-refractivity contribution < 1.29 is 0 Å². The summed E-state index contributed by atoms with van der Waals surface area (Å²) in [4.78, 5) is 15.9. The van der Waals surface area contributed by atoms with Gasteiger partial charge in [-0.25, -0.2) is 15.0 Å². The minimum absolute atomic E-state index is 0.111. The Bertz CT molecular complexity index is 3870. The molecule has 3 heterocycles. The summed E-state index contributed by atoms with van der Waals surface area (Å²) >= 11 is 0. The highest BCUT2D eigenvalue weighted by atomic mass is 15.0. The van der Waals surface area contributed by atoms with Crippen LogP contribution in [-0.2, 0) is 5.41 Å². The Morgan fingerprint density at radius 2 is 0.985 bits per heavy atom. The molecule has 0 atom stereocenters. The molecule has 0 unspecified atom stereocenters. The van der Waals surface area contributed by atoms with E-state index in [1.165, 1.54) is 43.9 Å². The maximum absolute atomic E-state index is 5.48. The molecule has 66 heavy (non-hydrogen) atoms. The zero-order valence-corrected chi connectivity index (χ0v) is 36.6. The molecule has 4 nitrogen and oxygen atoms in total. The summed E-state index contributed by atoms with van der Waals surface area (Å²) in [5, 5.41) is 5.89. The molecule has 9 aromatic carbocycles. The van der Waals surface area contributed by atoms with Gasteiger partial charge in [-0.3, -0.25) is 0 Å². The molecule has 0 fully saturated rings. The SMILES string of the molecule is CC1(C)c2ccccc2-c2ccc(-c3cc(-c4ccc(-c5ccc6nc(-c7ccccc7)c7c(ccc8c7c7ccccc7n8-c7ccccc7)c6c5)cc4)nc(-c4ccccc4)n3)cc21. The fourth-order valence-corrected chi connectivity index (χ4v) is 10.6. The molecule has 3 aromatic heterocycles. The summed E-state index contributed by atoms with van der Waals surface area (Å²) in [6, 6.07) is 78.2. The van der Waals surface area contributed by atoms with Crippen molar-refractivity contribution in [2.45, 2.75) is 19.3 Å². The summed E-state index contributed by atoms with van der Waals surface area (Å²) in [7, 11) is 0. The van der Waals surface area contributed by atoms with Gasteiger partial charge < -0.3 is 4.57 Å². The number of fused-ring (bicyclic) bond motifs is 10. The average Bonchev–Trinajstić information content (AvgIpc) is 3.84. The van der Waals surface area contributed by atoms with E-state index in [0.29, 0.717) is 5.82 Å². The zero-order valence-electron chi connectivity index (χ0n) is 36.6. The van der Waals surface area contributed by atoms with Gasteiger partial charge in [0, 0.05) is 54.9 Å². The van der Waals surface area contributed by atoms with E-state index in [9.17, 15) is 0 Å². The Morgan fingerprint density at radius 3 is 1.77 bits per heavy atom. The highest BCUT2D eigenvalue weighted by Crippen LogP contribution is 2.50. The molecule has 1 aliphatic rings. The van der Waals surface area contributed by atoms with Gasteiger partial charge in [0.25, 0.3) is 0 Å². The van der Waals surface area contributed by atoms with Crippen LogP contribution in [0, 0.1) is 0 Å². The summed E-state index contributed by atoms with van der Waals surface area (Å²) in [5.74, 6) is 0.708. The molecule has 0 spiro atoms. The molecule has 0 N–H and O–H groups in total. The molecule has 0 saturated heterocycles. The molecule has 0 aliphatic heterocycles. The van der Waals surface area contributed by atoms with E-state index in [0.717, 1.165) is 78.0 Å². The lowest BCUT2D eigenvalue weighted by atomic mass is 9.82. The van der Waals surface area contributed by atoms with Crippen molar-refractivity contribution >= 4 is 43.5 Å². The first kappa shape index (κ1) is 38.0. The highest BCUT2D eigenvalue weighted by Gasteiger charge is 2.35. The van der Waals surface area contributed by atoms with E-state index in [1.54, 1.807) is 0 Å². The predicted octanol–water partition coefficient (Wildman–Crippen LogP) is 15.9. The van der Waals surface area contributed by atoms with Crippen LogP contribution in [0.4, 0.5) is 0 Å². The van der Waals surface area contributed by atoms with Crippen LogP contribution in [0.15, 0.2) is 218 Å². The normalized spacial score (nSPS) is 12.8. The fourth-order valence-electron chi connectivity index (χ4n) is 10.6. The van der Waals surface area contributed by atoms with E-state index < -0.39 is 0 Å². The van der Waals surface area contributed by atoms with E-state index in [4.69, 9.17) is 15.0 Å². The Balaban J connectivity index is 0.942. The lowest BCUT2D eigenvalue weighted by Gasteiger charge is -2.22. The molecule has 4 heteroatoms. The Kier molecular flexibility index (Phi) is 8.53. The van der Waals surface area contributed by atoms with Crippen LogP contribution < -0.4 is 0 Å². The Morgan fingerprint density at radius 1 is 0.364 bits per heavy atom. The first-order valence-electron chi connectivity index (χ1n) is 22.7. The molecule has 1 aliphatic carbocycles. The quantitative estimate of drug-likeness (QED) is 0.157. The van der Waals surface area contributed by atoms with E-state index in [2.05, 4.69) is 219 Å². The summed E-state index contributed by atoms with van der Waals surface area (Å²) < 4.78 is 2.38. The van der Waals surface area contributed by atoms with Crippen molar-refractivity contribution in [3.8, 4) is 73.1 Å². The number of benzene rings is 9. The number of hydrogen-bond donors (Lipinski definition) is 0. The van der Waals surface area contributed by atoms with Crippen molar-refractivity contribution in [1.82, 2.24) is 19.5 Å².